The third-order valence-corrected chi connectivity index (χ3v) is 6.13. The zero-order valence-electron chi connectivity index (χ0n) is 18.7. The average Bonchev–Trinajstić information content (AvgIpc) is 2.75. The molecule has 0 saturated carbocycles. The molecule has 0 bridgehead atoms. The lowest BCUT2D eigenvalue weighted by molar-refractivity contribution is 0.102. The van der Waals surface area contributed by atoms with Crippen molar-refractivity contribution in [1.29, 1.82) is 0 Å². The lowest BCUT2D eigenvalue weighted by atomic mass is 10.1. The van der Waals surface area contributed by atoms with Gasteiger partial charge in [0.05, 0.1) is 22.8 Å². The molecule has 32 heavy (non-hydrogen) atoms. The summed E-state index contributed by atoms with van der Waals surface area (Å²) in [5.74, 6) is 0.516. The summed E-state index contributed by atoms with van der Waals surface area (Å²) in [5.41, 5.74) is 3.34. The Morgan fingerprint density at radius 2 is 1.66 bits per heavy atom. The third kappa shape index (κ3) is 5.88. The van der Waals surface area contributed by atoms with Gasteiger partial charge in [0.1, 0.15) is 5.75 Å². The summed E-state index contributed by atoms with van der Waals surface area (Å²) in [5, 5.41) is 2.80. The molecule has 0 unspecified atom stereocenters. The average molecular weight is 453 g/mol. The Bertz CT molecular complexity index is 1200. The minimum absolute atomic E-state index is 0.108. The number of carbonyl (C=O) groups excluding carboxylic acids is 1. The lowest BCUT2D eigenvalue weighted by Gasteiger charge is -2.14. The van der Waals surface area contributed by atoms with Crippen molar-refractivity contribution >= 4 is 27.3 Å². The van der Waals surface area contributed by atoms with Crippen LogP contribution in [0.5, 0.6) is 5.75 Å². The van der Waals surface area contributed by atoms with Gasteiger partial charge in [0.15, 0.2) is 0 Å². The number of para-hydroxylation sites is 1. The molecular weight excluding hydrogens is 424 g/mol. The molecular formula is C25H28N2O4S. The highest BCUT2D eigenvalue weighted by molar-refractivity contribution is 7.92. The normalized spacial score (nSPS) is 11.3. The van der Waals surface area contributed by atoms with Crippen molar-refractivity contribution < 1.29 is 17.9 Å². The van der Waals surface area contributed by atoms with Crippen LogP contribution < -0.4 is 14.8 Å². The summed E-state index contributed by atoms with van der Waals surface area (Å²) in [4.78, 5) is 12.9. The molecule has 3 aromatic rings. The van der Waals surface area contributed by atoms with E-state index in [1.807, 2.05) is 45.9 Å². The van der Waals surface area contributed by atoms with E-state index in [2.05, 4.69) is 10.0 Å². The lowest BCUT2D eigenvalue weighted by Crippen LogP contribution is -2.16. The largest absolute Gasteiger partial charge is 0.492 e. The van der Waals surface area contributed by atoms with Crippen LogP contribution in [0.25, 0.3) is 0 Å². The van der Waals surface area contributed by atoms with Gasteiger partial charge in [0.2, 0.25) is 0 Å². The second kappa shape index (κ2) is 9.87. The predicted octanol–water partition coefficient (Wildman–Crippen LogP) is 5.39. The van der Waals surface area contributed by atoms with Crippen molar-refractivity contribution in [2.75, 3.05) is 16.6 Å². The SMILES string of the molecule is Cc1ccc(NS(=O)(=O)c2ccc(NC(=O)c3ccccc3OCC(C)C)cc2)c(C)c1. The first kappa shape index (κ1) is 23.3. The van der Waals surface area contributed by atoms with Gasteiger partial charge >= 0.3 is 0 Å². The van der Waals surface area contributed by atoms with E-state index in [1.165, 1.54) is 12.1 Å². The monoisotopic (exact) mass is 452 g/mol. The van der Waals surface area contributed by atoms with Gasteiger partial charge in [-0.2, -0.15) is 0 Å². The fourth-order valence-electron chi connectivity index (χ4n) is 3.08. The van der Waals surface area contributed by atoms with Crippen molar-refractivity contribution in [1.82, 2.24) is 0 Å². The zero-order chi connectivity index (χ0) is 23.3. The van der Waals surface area contributed by atoms with Crippen LogP contribution in [0.4, 0.5) is 11.4 Å². The van der Waals surface area contributed by atoms with Gasteiger partial charge in [-0.25, -0.2) is 8.42 Å². The van der Waals surface area contributed by atoms with Crippen LogP contribution in [-0.4, -0.2) is 20.9 Å². The first-order chi connectivity index (χ1) is 15.2. The van der Waals surface area contributed by atoms with E-state index in [0.29, 0.717) is 35.2 Å². The Kier molecular flexibility index (Phi) is 7.20. The quantitative estimate of drug-likeness (QED) is 0.480. The van der Waals surface area contributed by atoms with Gasteiger partial charge in [-0.15, -0.1) is 0 Å². The van der Waals surface area contributed by atoms with Crippen molar-refractivity contribution in [3.63, 3.8) is 0 Å². The number of amides is 1. The van der Waals surface area contributed by atoms with Crippen molar-refractivity contribution in [2.45, 2.75) is 32.6 Å². The minimum atomic E-state index is -3.75. The maximum atomic E-state index is 12.8. The fraction of sp³-hybridized carbons (Fsp3) is 0.240. The molecule has 7 heteroatoms. The van der Waals surface area contributed by atoms with E-state index in [1.54, 1.807) is 36.4 Å². The van der Waals surface area contributed by atoms with Crippen LogP contribution in [0.1, 0.15) is 35.3 Å². The first-order valence-electron chi connectivity index (χ1n) is 10.4. The van der Waals surface area contributed by atoms with E-state index in [9.17, 15) is 13.2 Å². The van der Waals surface area contributed by atoms with E-state index >= 15 is 0 Å². The maximum absolute atomic E-state index is 12.8. The van der Waals surface area contributed by atoms with Gasteiger partial charge in [-0.3, -0.25) is 9.52 Å². The van der Waals surface area contributed by atoms with E-state index in [0.717, 1.165) is 11.1 Å². The second-order valence-corrected chi connectivity index (χ2v) is 9.79. The molecule has 168 valence electrons. The summed E-state index contributed by atoms with van der Waals surface area (Å²) in [7, 11) is -3.75. The summed E-state index contributed by atoms with van der Waals surface area (Å²) in [6.45, 7) is 8.38. The molecule has 3 aromatic carbocycles. The Morgan fingerprint density at radius 3 is 2.31 bits per heavy atom. The van der Waals surface area contributed by atoms with Crippen LogP contribution in [0.15, 0.2) is 71.6 Å². The molecule has 6 nitrogen and oxygen atoms in total. The number of ether oxygens (including phenoxy) is 1. The Balaban J connectivity index is 1.73. The summed E-state index contributed by atoms with van der Waals surface area (Å²) >= 11 is 0. The molecule has 0 aliphatic heterocycles. The van der Waals surface area contributed by atoms with E-state index < -0.39 is 10.0 Å². The number of hydrogen-bond acceptors (Lipinski definition) is 4. The number of aryl methyl sites for hydroxylation is 2. The Morgan fingerprint density at radius 1 is 0.969 bits per heavy atom. The van der Waals surface area contributed by atoms with Gasteiger partial charge < -0.3 is 10.1 Å². The molecule has 0 radical (unpaired) electrons. The number of rotatable bonds is 8. The molecule has 0 atom stereocenters. The summed E-state index contributed by atoms with van der Waals surface area (Å²) in [6.07, 6.45) is 0. The molecule has 0 heterocycles. The van der Waals surface area contributed by atoms with Gasteiger partial charge in [0.25, 0.3) is 15.9 Å². The van der Waals surface area contributed by atoms with Crippen LogP contribution >= 0.6 is 0 Å². The summed E-state index contributed by atoms with van der Waals surface area (Å²) < 4.78 is 33.9. The molecule has 1 amide bonds. The first-order valence-corrected chi connectivity index (χ1v) is 11.9. The Hall–Kier alpha value is -3.32. The molecule has 0 aliphatic carbocycles. The number of carbonyl (C=O) groups is 1. The fourth-order valence-corrected chi connectivity index (χ4v) is 4.21. The van der Waals surface area contributed by atoms with Crippen LogP contribution in [0, 0.1) is 19.8 Å². The Labute approximate surface area is 189 Å². The maximum Gasteiger partial charge on any atom is 0.261 e. The highest BCUT2D eigenvalue weighted by Gasteiger charge is 2.17. The van der Waals surface area contributed by atoms with Gasteiger partial charge in [0, 0.05) is 5.69 Å². The number of nitrogens with one attached hydrogen (secondary N) is 2. The van der Waals surface area contributed by atoms with Gasteiger partial charge in [-0.05, 0) is 67.8 Å². The predicted molar refractivity (Wildman–Crippen MR) is 128 cm³/mol. The van der Waals surface area contributed by atoms with Crippen molar-refractivity contribution in [3.05, 3.63) is 83.4 Å². The van der Waals surface area contributed by atoms with Crippen LogP contribution in [-0.2, 0) is 10.0 Å². The number of anilines is 2. The molecule has 0 spiro atoms. The van der Waals surface area contributed by atoms with Gasteiger partial charge in [-0.1, -0.05) is 43.7 Å². The second-order valence-electron chi connectivity index (χ2n) is 8.10. The smallest absolute Gasteiger partial charge is 0.261 e. The molecule has 0 aromatic heterocycles. The number of hydrogen-bond donors (Lipinski definition) is 2. The van der Waals surface area contributed by atoms with Crippen LogP contribution in [0.3, 0.4) is 0 Å². The van der Waals surface area contributed by atoms with E-state index in [4.69, 9.17) is 4.74 Å². The van der Waals surface area contributed by atoms with Crippen molar-refractivity contribution in [2.24, 2.45) is 5.92 Å². The molecule has 3 rings (SSSR count). The van der Waals surface area contributed by atoms with Crippen molar-refractivity contribution in [3.8, 4) is 5.75 Å². The number of sulfonamides is 1. The third-order valence-electron chi connectivity index (χ3n) is 4.75. The highest BCUT2D eigenvalue weighted by atomic mass is 32.2. The number of benzene rings is 3. The topological polar surface area (TPSA) is 84.5 Å². The summed E-state index contributed by atoms with van der Waals surface area (Å²) in [6, 6.07) is 18.6. The molecule has 2 N–H and O–H groups in total. The zero-order valence-corrected chi connectivity index (χ0v) is 19.5. The standard InChI is InChI=1S/C25H28N2O4S/c1-17(2)16-31-24-8-6-5-7-22(24)25(28)26-20-10-12-21(13-11-20)32(29,30)27-23-14-9-18(3)15-19(23)4/h5-15,17,27H,16H2,1-4H3,(H,26,28). The van der Waals surface area contributed by atoms with Crippen LogP contribution in [0.2, 0.25) is 0 Å². The molecule has 0 saturated heterocycles. The molecule has 0 aliphatic rings. The minimum Gasteiger partial charge on any atom is -0.492 e. The highest BCUT2D eigenvalue weighted by Crippen LogP contribution is 2.23. The van der Waals surface area contributed by atoms with E-state index in [-0.39, 0.29) is 10.8 Å². The molecule has 0 fully saturated rings.